The van der Waals surface area contributed by atoms with Crippen LogP contribution in [0.3, 0.4) is 0 Å². The van der Waals surface area contributed by atoms with Gasteiger partial charge in [-0.15, -0.1) is 0 Å². The molecule has 1 aliphatic heterocycles. The highest BCUT2D eigenvalue weighted by molar-refractivity contribution is 6.30. The van der Waals surface area contributed by atoms with Crippen LogP contribution in [0.25, 0.3) is 0 Å². The molecule has 0 saturated carbocycles. The molecule has 0 atom stereocenters. The van der Waals surface area contributed by atoms with Gasteiger partial charge in [0, 0.05) is 47.5 Å². The molecule has 0 spiro atoms. The number of benzene rings is 2. The number of halogens is 2. The topological polar surface area (TPSA) is 52.7 Å². The molecular formula is C19H19Cl2N3O2. The lowest BCUT2D eigenvalue weighted by Gasteiger charge is -2.36. The maximum Gasteiger partial charge on any atom is 0.251 e. The zero-order valence-corrected chi connectivity index (χ0v) is 15.6. The van der Waals surface area contributed by atoms with Crippen LogP contribution in [0.4, 0.5) is 5.69 Å². The molecule has 3 rings (SSSR count). The van der Waals surface area contributed by atoms with Gasteiger partial charge in [-0.1, -0.05) is 23.2 Å². The third-order valence-corrected chi connectivity index (χ3v) is 4.83. The summed E-state index contributed by atoms with van der Waals surface area (Å²) in [5.74, 6) is -0.363. The normalized spacial score (nSPS) is 14.2. The quantitative estimate of drug-likeness (QED) is 0.870. The maximum atomic E-state index is 12.3. The first-order valence-corrected chi connectivity index (χ1v) is 9.10. The van der Waals surface area contributed by atoms with E-state index in [9.17, 15) is 9.59 Å². The number of carbonyl (C=O) groups excluding carboxylic acids is 2. The highest BCUT2D eigenvalue weighted by atomic mass is 35.5. The van der Waals surface area contributed by atoms with Gasteiger partial charge in [-0.3, -0.25) is 9.59 Å². The summed E-state index contributed by atoms with van der Waals surface area (Å²) in [4.78, 5) is 28.4. The Morgan fingerprint density at radius 3 is 1.96 bits per heavy atom. The zero-order chi connectivity index (χ0) is 18.5. The molecular weight excluding hydrogens is 373 g/mol. The minimum Gasteiger partial charge on any atom is -0.368 e. The SMILES string of the molecule is O=C(NCC(=O)N1CCN(c2ccc(Cl)cc2)CC1)c1ccc(Cl)cc1. The van der Waals surface area contributed by atoms with Gasteiger partial charge in [-0.2, -0.15) is 0 Å². The van der Waals surface area contributed by atoms with Gasteiger partial charge in [0.1, 0.15) is 0 Å². The van der Waals surface area contributed by atoms with E-state index in [2.05, 4.69) is 10.2 Å². The van der Waals surface area contributed by atoms with Crippen LogP contribution in [0.15, 0.2) is 48.5 Å². The van der Waals surface area contributed by atoms with Crippen molar-refractivity contribution in [3.05, 3.63) is 64.1 Å². The van der Waals surface area contributed by atoms with Crippen LogP contribution >= 0.6 is 23.2 Å². The highest BCUT2D eigenvalue weighted by Gasteiger charge is 2.21. The second-order valence-electron chi connectivity index (χ2n) is 6.03. The average Bonchev–Trinajstić information content (AvgIpc) is 2.67. The lowest BCUT2D eigenvalue weighted by molar-refractivity contribution is -0.130. The van der Waals surface area contributed by atoms with Gasteiger partial charge in [0.2, 0.25) is 5.91 Å². The summed E-state index contributed by atoms with van der Waals surface area (Å²) in [5.41, 5.74) is 1.58. The number of rotatable bonds is 4. The van der Waals surface area contributed by atoms with Crippen molar-refractivity contribution < 1.29 is 9.59 Å². The van der Waals surface area contributed by atoms with Crippen molar-refractivity contribution >= 4 is 40.7 Å². The Balaban J connectivity index is 1.47. The van der Waals surface area contributed by atoms with E-state index >= 15 is 0 Å². The number of nitrogens with zero attached hydrogens (tertiary/aromatic N) is 2. The fourth-order valence-corrected chi connectivity index (χ4v) is 3.09. The lowest BCUT2D eigenvalue weighted by Crippen LogP contribution is -2.51. The number of carbonyl (C=O) groups is 2. The van der Waals surface area contributed by atoms with E-state index in [4.69, 9.17) is 23.2 Å². The summed E-state index contributed by atoms with van der Waals surface area (Å²) in [6.45, 7) is 2.73. The van der Waals surface area contributed by atoms with Gasteiger partial charge >= 0.3 is 0 Å². The third kappa shape index (κ3) is 4.68. The number of anilines is 1. The van der Waals surface area contributed by atoms with Crippen molar-refractivity contribution in [2.45, 2.75) is 0 Å². The molecule has 136 valence electrons. The Morgan fingerprint density at radius 2 is 1.38 bits per heavy atom. The smallest absolute Gasteiger partial charge is 0.251 e. The van der Waals surface area contributed by atoms with Crippen molar-refractivity contribution in [1.82, 2.24) is 10.2 Å². The molecule has 2 aromatic carbocycles. The van der Waals surface area contributed by atoms with Crippen molar-refractivity contribution in [2.24, 2.45) is 0 Å². The molecule has 0 bridgehead atoms. The van der Waals surface area contributed by atoms with Crippen LogP contribution in [-0.4, -0.2) is 49.4 Å². The van der Waals surface area contributed by atoms with E-state index in [-0.39, 0.29) is 18.4 Å². The van der Waals surface area contributed by atoms with E-state index in [1.807, 2.05) is 24.3 Å². The first kappa shape index (κ1) is 18.5. The van der Waals surface area contributed by atoms with Gasteiger partial charge in [-0.05, 0) is 48.5 Å². The molecule has 5 nitrogen and oxygen atoms in total. The average molecular weight is 392 g/mol. The number of hydrogen-bond acceptors (Lipinski definition) is 3. The van der Waals surface area contributed by atoms with Crippen molar-refractivity contribution in [3.8, 4) is 0 Å². The van der Waals surface area contributed by atoms with Crippen LogP contribution < -0.4 is 10.2 Å². The number of piperazine rings is 1. The van der Waals surface area contributed by atoms with E-state index in [0.29, 0.717) is 28.7 Å². The molecule has 2 amide bonds. The lowest BCUT2D eigenvalue weighted by atomic mass is 10.2. The van der Waals surface area contributed by atoms with Crippen LogP contribution in [0, 0.1) is 0 Å². The number of hydrogen-bond donors (Lipinski definition) is 1. The van der Waals surface area contributed by atoms with E-state index in [1.54, 1.807) is 29.2 Å². The van der Waals surface area contributed by atoms with Gasteiger partial charge in [-0.25, -0.2) is 0 Å². The van der Waals surface area contributed by atoms with Crippen LogP contribution in [0.1, 0.15) is 10.4 Å². The van der Waals surface area contributed by atoms with Gasteiger partial charge in [0.05, 0.1) is 6.54 Å². The number of nitrogens with one attached hydrogen (secondary N) is 1. The molecule has 0 unspecified atom stereocenters. The first-order chi connectivity index (χ1) is 12.5. The molecule has 26 heavy (non-hydrogen) atoms. The van der Waals surface area contributed by atoms with Gasteiger partial charge in [0.15, 0.2) is 0 Å². The van der Waals surface area contributed by atoms with Crippen LogP contribution in [0.5, 0.6) is 0 Å². The summed E-state index contributed by atoms with van der Waals surface area (Å²) in [5, 5.41) is 3.94. The van der Waals surface area contributed by atoms with Crippen molar-refractivity contribution in [2.75, 3.05) is 37.6 Å². The Labute approximate surface area is 162 Å². The van der Waals surface area contributed by atoms with E-state index in [1.165, 1.54) is 0 Å². The summed E-state index contributed by atoms with van der Waals surface area (Å²) in [6, 6.07) is 14.2. The van der Waals surface area contributed by atoms with Crippen molar-refractivity contribution in [1.29, 1.82) is 0 Å². The third-order valence-electron chi connectivity index (χ3n) is 4.33. The first-order valence-electron chi connectivity index (χ1n) is 8.35. The van der Waals surface area contributed by atoms with E-state index < -0.39 is 0 Å². The maximum absolute atomic E-state index is 12.3. The molecule has 0 radical (unpaired) electrons. The highest BCUT2D eigenvalue weighted by Crippen LogP contribution is 2.19. The summed E-state index contributed by atoms with van der Waals surface area (Å²) >= 11 is 11.7. The summed E-state index contributed by atoms with van der Waals surface area (Å²) < 4.78 is 0. The molecule has 2 aromatic rings. The standard InChI is InChI=1S/C19H19Cl2N3O2/c20-15-3-1-14(2-4-15)19(26)22-13-18(25)24-11-9-23(10-12-24)17-7-5-16(21)6-8-17/h1-8H,9-13H2,(H,22,26). The predicted octanol–water partition coefficient (Wildman–Crippen LogP) is 3.07. The summed E-state index contributed by atoms with van der Waals surface area (Å²) in [7, 11) is 0. The van der Waals surface area contributed by atoms with E-state index in [0.717, 1.165) is 18.8 Å². The Bertz CT molecular complexity index is 770. The van der Waals surface area contributed by atoms with Crippen LogP contribution in [0.2, 0.25) is 10.0 Å². The minimum atomic E-state index is -0.283. The molecule has 0 aliphatic carbocycles. The second-order valence-corrected chi connectivity index (χ2v) is 6.91. The molecule has 1 aliphatic rings. The summed E-state index contributed by atoms with van der Waals surface area (Å²) in [6.07, 6.45) is 0. The predicted molar refractivity (Wildman–Crippen MR) is 104 cm³/mol. The number of amides is 2. The Hall–Kier alpha value is -2.24. The molecule has 1 saturated heterocycles. The fourth-order valence-electron chi connectivity index (χ4n) is 2.84. The molecule has 1 fully saturated rings. The molecule has 7 heteroatoms. The fraction of sp³-hybridized carbons (Fsp3) is 0.263. The molecule has 1 N–H and O–H groups in total. The van der Waals surface area contributed by atoms with Crippen LogP contribution in [-0.2, 0) is 4.79 Å². The second kappa shape index (κ2) is 8.43. The van der Waals surface area contributed by atoms with Gasteiger partial charge < -0.3 is 15.1 Å². The molecule has 0 aromatic heterocycles. The zero-order valence-electron chi connectivity index (χ0n) is 14.1. The minimum absolute atomic E-state index is 0.0115. The van der Waals surface area contributed by atoms with Gasteiger partial charge in [0.25, 0.3) is 5.91 Å². The van der Waals surface area contributed by atoms with Crippen molar-refractivity contribution in [3.63, 3.8) is 0 Å². The largest absolute Gasteiger partial charge is 0.368 e. The molecule has 1 heterocycles. The Kier molecular flexibility index (Phi) is 6.01. The monoisotopic (exact) mass is 391 g/mol. The Morgan fingerprint density at radius 1 is 0.846 bits per heavy atom.